The van der Waals surface area contributed by atoms with Gasteiger partial charge in [0.05, 0.1) is 0 Å². The van der Waals surface area contributed by atoms with Crippen LogP contribution in [0.5, 0.6) is 0 Å². The summed E-state index contributed by atoms with van der Waals surface area (Å²) in [7, 11) is 0. The number of halogens is 2. The molecule has 6 rings (SSSR count). The van der Waals surface area contributed by atoms with E-state index in [9.17, 15) is 0 Å². The molecular formula is C40H41Cl2Zr. The third kappa shape index (κ3) is 6.56. The molecule has 0 spiro atoms. The van der Waals surface area contributed by atoms with Gasteiger partial charge in [-0.05, 0) is 0 Å². The molecule has 0 amide bonds. The Labute approximate surface area is 282 Å². The molecule has 0 fully saturated rings. The molecular weight excluding hydrogens is 643 g/mol. The number of hydrogen-bond acceptors (Lipinski definition) is 0. The standard InChI is InChI=1S/C27H31.C13H10.2ClH.Zr/c1-4-11-22-23(12-5-2)26(19-14-7-8-15-19)25-18-20-16-9-10-17-21(20)27(25)24(22)13-6-3;1-3-7-12(8-4-1)11-13-9-5-2-6-10-13;;;/h7-10,14,16-18H,4-6,11-13,15H2,1-3H3;1-10H;2*1H;/q;;;;+2/p-2. The van der Waals surface area contributed by atoms with E-state index in [2.05, 4.69) is 124 Å². The van der Waals surface area contributed by atoms with Crippen LogP contribution in [-0.4, -0.2) is 3.21 Å². The Morgan fingerprint density at radius 3 is 1.74 bits per heavy atom. The number of rotatable bonds is 10. The fourth-order valence-electron chi connectivity index (χ4n) is 7.10. The summed E-state index contributed by atoms with van der Waals surface area (Å²) in [5, 5.41) is 0. The van der Waals surface area contributed by atoms with E-state index in [0.29, 0.717) is 3.63 Å². The molecule has 0 aromatic heterocycles. The second kappa shape index (κ2) is 15.6. The molecule has 0 saturated carbocycles. The second-order valence-electron chi connectivity index (χ2n) is 11.4. The summed E-state index contributed by atoms with van der Waals surface area (Å²) in [6.45, 7) is 7.10. The molecule has 43 heavy (non-hydrogen) atoms. The molecule has 0 aliphatic heterocycles. The van der Waals surface area contributed by atoms with Crippen molar-refractivity contribution in [3.05, 3.63) is 148 Å². The van der Waals surface area contributed by atoms with E-state index in [-0.39, 0.29) is 24.8 Å². The Bertz CT molecular complexity index is 1590. The molecule has 2 aliphatic rings. The number of benzene rings is 4. The molecule has 219 valence electrons. The van der Waals surface area contributed by atoms with Crippen LogP contribution in [0.1, 0.15) is 94.6 Å². The molecule has 2 aliphatic carbocycles. The minimum absolute atomic E-state index is 0. The zero-order chi connectivity index (χ0) is 28.2. The first kappa shape index (κ1) is 33.6. The first-order valence-electron chi connectivity index (χ1n) is 15.7. The van der Waals surface area contributed by atoms with Gasteiger partial charge in [-0.1, -0.05) is 0 Å². The van der Waals surface area contributed by atoms with Crippen molar-refractivity contribution in [2.75, 3.05) is 0 Å². The third-order valence-corrected chi connectivity index (χ3v) is 13.0. The summed E-state index contributed by atoms with van der Waals surface area (Å²) in [6.07, 6.45) is 15.2. The molecule has 3 heteroatoms. The quantitative estimate of drug-likeness (QED) is 0.234. The van der Waals surface area contributed by atoms with Gasteiger partial charge >= 0.3 is 260 Å². The molecule has 0 bridgehead atoms. The molecule has 4 aromatic carbocycles. The van der Waals surface area contributed by atoms with E-state index in [1.807, 2.05) is 0 Å². The SMILES string of the molecule is CCCc1c(CCC)c(C2=CC=CC2)c2c(c1CCC)-c1ccccc1[CH]2[Zr+2]=[C](c1ccccc1)c1ccccc1.[Cl-].[Cl-]. The third-order valence-electron chi connectivity index (χ3n) is 8.71. The van der Waals surface area contributed by atoms with Gasteiger partial charge in [0.1, 0.15) is 0 Å². The predicted octanol–water partition coefficient (Wildman–Crippen LogP) is 4.32. The Morgan fingerprint density at radius 1 is 0.651 bits per heavy atom. The molecule has 0 N–H and O–H groups in total. The number of fused-ring (bicyclic) bond motifs is 3. The monoisotopic (exact) mass is 681 g/mol. The summed E-state index contributed by atoms with van der Waals surface area (Å²) < 4.78 is 2.11. The van der Waals surface area contributed by atoms with Crippen LogP contribution in [0.4, 0.5) is 0 Å². The first-order chi connectivity index (χ1) is 20.3. The molecule has 0 saturated heterocycles. The van der Waals surface area contributed by atoms with Gasteiger partial charge < -0.3 is 24.8 Å². The maximum absolute atomic E-state index is 2.47. The van der Waals surface area contributed by atoms with Crippen molar-refractivity contribution in [3.63, 3.8) is 0 Å². The predicted molar refractivity (Wildman–Crippen MR) is 174 cm³/mol. The van der Waals surface area contributed by atoms with Crippen molar-refractivity contribution in [3.8, 4) is 11.1 Å². The maximum atomic E-state index is 2.47. The first-order valence-corrected chi connectivity index (χ1v) is 18.3. The smallest absolute Gasteiger partial charge is 1.00 e. The van der Waals surface area contributed by atoms with Crippen LogP contribution in [0, 0.1) is 0 Å². The van der Waals surface area contributed by atoms with Gasteiger partial charge in [-0.3, -0.25) is 0 Å². The Kier molecular flexibility index (Phi) is 12.2. The molecule has 4 aromatic rings. The summed E-state index contributed by atoms with van der Waals surface area (Å²) in [5.41, 5.74) is 17.4. The molecule has 1 unspecified atom stereocenters. The zero-order valence-electron chi connectivity index (χ0n) is 25.6. The average Bonchev–Trinajstić information content (AvgIpc) is 3.66. The topological polar surface area (TPSA) is 0 Å². The van der Waals surface area contributed by atoms with E-state index in [1.54, 1.807) is 47.7 Å². The van der Waals surface area contributed by atoms with Crippen LogP contribution in [-0.2, 0) is 42.0 Å². The molecule has 0 heterocycles. The van der Waals surface area contributed by atoms with E-state index in [0.717, 1.165) is 6.42 Å². The number of hydrogen-bond donors (Lipinski definition) is 0. The van der Waals surface area contributed by atoms with E-state index < -0.39 is 22.8 Å². The van der Waals surface area contributed by atoms with Crippen LogP contribution in [0.15, 0.2) is 103 Å². The number of allylic oxidation sites excluding steroid dienone is 4. The zero-order valence-corrected chi connectivity index (χ0v) is 29.6. The fourth-order valence-corrected chi connectivity index (χ4v) is 11.5. The van der Waals surface area contributed by atoms with Crippen molar-refractivity contribution in [2.24, 2.45) is 0 Å². The van der Waals surface area contributed by atoms with Crippen LogP contribution in [0.25, 0.3) is 16.7 Å². The van der Waals surface area contributed by atoms with Gasteiger partial charge in [0, 0.05) is 0 Å². The van der Waals surface area contributed by atoms with Crippen molar-refractivity contribution in [1.29, 1.82) is 0 Å². The molecule has 0 radical (unpaired) electrons. The van der Waals surface area contributed by atoms with Gasteiger partial charge in [0.25, 0.3) is 0 Å². The van der Waals surface area contributed by atoms with Gasteiger partial charge in [-0.25, -0.2) is 0 Å². The summed E-state index contributed by atoms with van der Waals surface area (Å²) >= 11 is -1.17. The Hall–Kier alpha value is -2.31. The second-order valence-corrected chi connectivity index (χ2v) is 14.8. The van der Waals surface area contributed by atoms with E-state index in [1.165, 1.54) is 55.2 Å². The van der Waals surface area contributed by atoms with Crippen LogP contribution in [0.3, 0.4) is 0 Å². The van der Waals surface area contributed by atoms with Crippen molar-refractivity contribution in [2.45, 2.75) is 69.3 Å². The fraction of sp³-hybridized carbons (Fsp3) is 0.275. The van der Waals surface area contributed by atoms with Crippen LogP contribution < -0.4 is 24.8 Å². The minimum Gasteiger partial charge on any atom is -1.00 e. The van der Waals surface area contributed by atoms with Crippen LogP contribution >= 0.6 is 0 Å². The van der Waals surface area contributed by atoms with E-state index >= 15 is 0 Å². The van der Waals surface area contributed by atoms with E-state index in [4.69, 9.17) is 0 Å². The minimum atomic E-state index is -1.17. The largest absolute Gasteiger partial charge is 1.00 e. The van der Waals surface area contributed by atoms with Crippen LogP contribution in [0.2, 0.25) is 0 Å². The molecule has 0 nitrogen and oxygen atoms in total. The van der Waals surface area contributed by atoms with Gasteiger partial charge in [-0.15, -0.1) is 0 Å². The van der Waals surface area contributed by atoms with Crippen molar-refractivity contribution < 1.29 is 47.6 Å². The van der Waals surface area contributed by atoms with Crippen molar-refractivity contribution >= 4 is 8.78 Å². The van der Waals surface area contributed by atoms with Gasteiger partial charge in [-0.2, -0.15) is 0 Å². The summed E-state index contributed by atoms with van der Waals surface area (Å²) in [5.74, 6) is 0. The average molecular weight is 684 g/mol. The Morgan fingerprint density at radius 2 is 1.19 bits per heavy atom. The van der Waals surface area contributed by atoms with Crippen molar-refractivity contribution in [1.82, 2.24) is 0 Å². The van der Waals surface area contributed by atoms with Gasteiger partial charge in [0.15, 0.2) is 0 Å². The summed E-state index contributed by atoms with van der Waals surface area (Å²) in [6, 6.07) is 32.0. The summed E-state index contributed by atoms with van der Waals surface area (Å²) in [4.78, 5) is 0. The Balaban J connectivity index is 0.00000212. The van der Waals surface area contributed by atoms with Gasteiger partial charge in [0.2, 0.25) is 0 Å². The normalized spacial score (nSPS) is 14.2. The maximum Gasteiger partial charge on any atom is -1.00 e. The molecule has 1 atom stereocenters.